The zero-order valence-corrected chi connectivity index (χ0v) is 12.5. The van der Waals surface area contributed by atoms with E-state index in [1.165, 1.54) is 0 Å². The first kappa shape index (κ1) is 15.1. The second-order valence-corrected chi connectivity index (χ2v) is 5.30. The Morgan fingerprint density at radius 1 is 1.19 bits per heavy atom. The Bertz CT molecular complexity index is 507. The van der Waals surface area contributed by atoms with Crippen LogP contribution < -0.4 is 5.73 Å². The number of nitrogens with two attached hydrogens (primary N) is 1. The second-order valence-electron chi connectivity index (χ2n) is 5.30. The number of aromatic nitrogens is 1. The van der Waals surface area contributed by atoms with E-state index in [4.69, 9.17) is 5.73 Å². The molecule has 0 atom stereocenters. The Labute approximate surface area is 124 Å². The maximum atomic E-state index is 12.2. The number of rotatable bonds is 2. The Morgan fingerprint density at radius 2 is 1.81 bits per heavy atom. The highest BCUT2D eigenvalue weighted by atomic mass is 16.2. The molecule has 7 heteroatoms. The van der Waals surface area contributed by atoms with Crippen molar-refractivity contribution in [1.82, 2.24) is 19.7 Å². The van der Waals surface area contributed by atoms with Crippen LogP contribution in [0.15, 0.2) is 18.3 Å². The number of hydrogen-bond acceptors (Lipinski definition) is 4. The van der Waals surface area contributed by atoms with Gasteiger partial charge in [-0.3, -0.25) is 9.78 Å². The summed E-state index contributed by atoms with van der Waals surface area (Å²) in [5, 5.41) is 0. The number of hydrogen-bond donors (Lipinski definition) is 1. The molecule has 1 aromatic rings. The minimum Gasteiger partial charge on any atom is -0.397 e. The van der Waals surface area contributed by atoms with Crippen molar-refractivity contribution in [1.29, 1.82) is 0 Å². The molecule has 3 amide bonds. The standard InChI is InChI=1S/C14H21N5O2/c1-17(2)14(21)19-7-5-18(6-8-19)13(20)9-12-4-3-11(15)10-16-12/h3-4,10H,5-9,15H2,1-2H3. The third-order valence-electron chi connectivity index (χ3n) is 3.47. The maximum Gasteiger partial charge on any atom is 0.319 e. The Morgan fingerprint density at radius 3 is 2.33 bits per heavy atom. The molecule has 0 spiro atoms. The quantitative estimate of drug-likeness (QED) is 0.833. The van der Waals surface area contributed by atoms with Crippen LogP contribution in [0.1, 0.15) is 5.69 Å². The summed E-state index contributed by atoms with van der Waals surface area (Å²) in [6.07, 6.45) is 1.82. The molecular weight excluding hydrogens is 270 g/mol. The Balaban J connectivity index is 1.86. The van der Waals surface area contributed by atoms with Gasteiger partial charge in [0.2, 0.25) is 5.91 Å². The van der Waals surface area contributed by atoms with E-state index < -0.39 is 0 Å². The van der Waals surface area contributed by atoms with Crippen molar-refractivity contribution in [2.75, 3.05) is 46.0 Å². The molecule has 1 saturated heterocycles. The summed E-state index contributed by atoms with van der Waals surface area (Å²) in [5.41, 5.74) is 6.86. The van der Waals surface area contributed by atoms with Crippen LogP contribution in [-0.2, 0) is 11.2 Å². The number of pyridine rings is 1. The molecule has 2 rings (SSSR count). The molecule has 1 fully saturated rings. The molecule has 1 aromatic heterocycles. The first-order chi connectivity index (χ1) is 9.97. The predicted octanol–water partition coefficient (Wildman–Crippen LogP) is 0.0321. The van der Waals surface area contributed by atoms with Crippen LogP contribution in [0.5, 0.6) is 0 Å². The molecule has 114 valence electrons. The highest BCUT2D eigenvalue weighted by molar-refractivity contribution is 5.79. The molecule has 0 saturated carbocycles. The molecule has 0 aromatic carbocycles. The van der Waals surface area contributed by atoms with E-state index in [1.54, 1.807) is 47.1 Å². The number of anilines is 1. The van der Waals surface area contributed by atoms with Crippen LogP contribution in [0.2, 0.25) is 0 Å². The lowest BCUT2D eigenvalue weighted by molar-refractivity contribution is -0.132. The van der Waals surface area contributed by atoms with Gasteiger partial charge in [-0.2, -0.15) is 0 Å². The van der Waals surface area contributed by atoms with Crippen molar-refractivity contribution in [3.63, 3.8) is 0 Å². The SMILES string of the molecule is CN(C)C(=O)N1CCN(C(=O)Cc2ccc(N)cn2)CC1. The molecule has 0 bridgehead atoms. The Kier molecular flexibility index (Phi) is 4.62. The first-order valence-electron chi connectivity index (χ1n) is 6.92. The minimum absolute atomic E-state index is 0.0118. The number of piperazine rings is 1. The molecule has 0 aliphatic carbocycles. The molecule has 7 nitrogen and oxygen atoms in total. The highest BCUT2D eigenvalue weighted by Crippen LogP contribution is 2.08. The van der Waals surface area contributed by atoms with Gasteiger partial charge in [0.15, 0.2) is 0 Å². The van der Waals surface area contributed by atoms with Crippen LogP contribution in [0.4, 0.5) is 10.5 Å². The highest BCUT2D eigenvalue weighted by Gasteiger charge is 2.24. The molecule has 21 heavy (non-hydrogen) atoms. The van der Waals surface area contributed by atoms with Crippen molar-refractivity contribution >= 4 is 17.6 Å². The van der Waals surface area contributed by atoms with Gasteiger partial charge in [-0.25, -0.2) is 4.79 Å². The zero-order chi connectivity index (χ0) is 15.4. The van der Waals surface area contributed by atoms with Gasteiger partial charge >= 0.3 is 6.03 Å². The van der Waals surface area contributed by atoms with E-state index in [0.717, 1.165) is 0 Å². The average molecular weight is 291 g/mol. The van der Waals surface area contributed by atoms with E-state index >= 15 is 0 Å². The lowest BCUT2D eigenvalue weighted by Crippen LogP contribution is -2.53. The van der Waals surface area contributed by atoms with Crippen LogP contribution in [-0.4, -0.2) is 71.9 Å². The van der Waals surface area contributed by atoms with Gasteiger partial charge in [-0.1, -0.05) is 0 Å². The van der Waals surface area contributed by atoms with Crippen LogP contribution >= 0.6 is 0 Å². The number of carbonyl (C=O) groups is 2. The molecule has 2 N–H and O–H groups in total. The molecule has 0 unspecified atom stereocenters. The van der Waals surface area contributed by atoms with E-state index in [9.17, 15) is 9.59 Å². The van der Waals surface area contributed by atoms with Gasteiger partial charge in [0.05, 0.1) is 18.3 Å². The summed E-state index contributed by atoms with van der Waals surface area (Å²) in [5.74, 6) is 0.0317. The topological polar surface area (TPSA) is 82.8 Å². The summed E-state index contributed by atoms with van der Waals surface area (Å²) < 4.78 is 0. The summed E-state index contributed by atoms with van der Waals surface area (Å²) in [4.78, 5) is 33.2. The normalized spacial score (nSPS) is 15.0. The summed E-state index contributed by atoms with van der Waals surface area (Å²) in [6.45, 7) is 2.26. The van der Waals surface area contributed by atoms with Crippen molar-refractivity contribution in [3.8, 4) is 0 Å². The van der Waals surface area contributed by atoms with E-state index in [1.807, 2.05) is 0 Å². The van der Waals surface area contributed by atoms with Crippen molar-refractivity contribution < 1.29 is 9.59 Å². The smallest absolute Gasteiger partial charge is 0.319 e. The fourth-order valence-electron chi connectivity index (χ4n) is 2.24. The van der Waals surface area contributed by atoms with Gasteiger partial charge < -0.3 is 20.4 Å². The number of nitrogens with zero attached hydrogens (tertiary/aromatic N) is 4. The molecule has 1 aliphatic heterocycles. The molecule has 1 aliphatic rings. The van der Waals surface area contributed by atoms with Crippen LogP contribution in [0.25, 0.3) is 0 Å². The third kappa shape index (κ3) is 3.84. The van der Waals surface area contributed by atoms with Gasteiger partial charge in [-0.15, -0.1) is 0 Å². The first-order valence-corrected chi connectivity index (χ1v) is 6.92. The maximum absolute atomic E-state index is 12.2. The van der Waals surface area contributed by atoms with Gasteiger partial charge in [0.1, 0.15) is 0 Å². The van der Waals surface area contributed by atoms with Crippen molar-refractivity contribution in [2.24, 2.45) is 0 Å². The number of urea groups is 1. The number of carbonyl (C=O) groups excluding carboxylic acids is 2. The summed E-state index contributed by atoms with van der Waals surface area (Å²) in [6, 6.07) is 3.49. The van der Waals surface area contributed by atoms with E-state index in [0.29, 0.717) is 37.6 Å². The third-order valence-corrected chi connectivity index (χ3v) is 3.47. The summed E-state index contributed by atoms with van der Waals surface area (Å²) >= 11 is 0. The van der Waals surface area contributed by atoms with Gasteiger partial charge in [0, 0.05) is 46.0 Å². The van der Waals surface area contributed by atoms with Gasteiger partial charge in [0.25, 0.3) is 0 Å². The van der Waals surface area contributed by atoms with Crippen molar-refractivity contribution in [2.45, 2.75) is 6.42 Å². The largest absolute Gasteiger partial charge is 0.397 e. The molecule has 2 heterocycles. The second kappa shape index (κ2) is 6.43. The average Bonchev–Trinajstić information content (AvgIpc) is 2.49. The monoisotopic (exact) mass is 291 g/mol. The summed E-state index contributed by atoms with van der Waals surface area (Å²) in [7, 11) is 3.46. The van der Waals surface area contributed by atoms with Crippen LogP contribution in [0.3, 0.4) is 0 Å². The van der Waals surface area contributed by atoms with Crippen LogP contribution in [0, 0.1) is 0 Å². The predicted molar refractivity (Wildman–Crippen MR) is 79.6 cm³/mol. The lowest BCUT2D eigenvalue weighted by atomic mass is 10.2. The Hall–Kier alpha value is -2.31. The number of amides is 3. The molecular formula is C14H21N5O2. The fourth-order valence-corrected chi connectivity index (χ4v) is 2.24. The van der Waals surface area contributed by atoms with Gasteiger partial charge in [-0.05, 0) is 12.1 Å². The lowest BCUT2D eigenvalue weighted by Gasteiger charge is -2.36. The van der Waals surface area contributed by atoms with Crippen molar-refractivity contribution in [3.05, 3.63) is 24.0 Å². The fraction of sp³-hybridized carbons (Fsp3) is 0.500. The van der Waals surface area contributed by atoms with E-state index in [-0.39, 0.29) is 18.4 Å². The van der Waals surface area contributed by atoms with E-state index in [2.05, 4.69) is 4.98 Å². The minimum atomic E-state index is -0.0118. The molecule has 0 radical (unpaired) electrons. The number of nitrogen functional groups attached to an aromatic ring is 1. The zero-order valence-electron chi connectivity index (χ0n) is 12.5.